The Hall–Kier alpha value is -6.80. The van der Waals surface area contributed by atoms with Gasteiger partial charge in [-0.25, -0.2) is 4.79 Å². The average Bonchev–Trinajstić information content (AvgIpc) is 3.16. The molecule has 0 saturated heterocycles. The van der Waals surface area contributed by atoms with Crippen molar-refractivity contribution in [2.45, 2.75) is 46.8 Å². The van der Waals surface area contributed by atoms with E-state index in [1.165, 1.54) is 13.0 Å². The Morgan fingerprint density at radius 2 is 1.20 bits per heavy atom. The zero-order chi connectivity index (χ0) is 39.0. The van der Waals surface area contributed by atoms with Crippen LogP contribution in [0.5, 0.6) is 17.2 Å². The Morgan fingerprint density at radius 1 is 0.655 bits per heavy atom. The number of aromatic carboxylic acids is 1. The molecule has 4 aromatic rings. The van der Waals surface area contributed by atoms with E-state index < -0.39 is 5.97 Å². The van der Waals surface area contributed by atoms with Gasteiger partial charge >= 0.3 is 5.97 Å². The molecular formula is C47H38O8. The maximum atomic E-state index is 12.0. The third kappa shape index (κ3) is 7.14. The summed E-state index contributed by atoms with van der Waals surface area (Å²) >= 11 is 0. The van der Waals surface area contributed by atoms with E-state index in [1.807, 2.05) is 94.5 Å². The van der Waals surface area contributed by atoms with E-state index >= 15 is 0 Å². The first-order chi connectivity index (χ1) is 26.4. The zero-order valence-electron chi connectivity index (χ0n) is 31.0. The van der Waals surface area contributed by atoms with Crippen LogP contribution in [0.1, 0.15) is 85.2 Å². The van der Waals surface area contributed by atoms with Gasteiger partial charge < -0.3 is 19.3 Å². The van der Waals surface area contributed by atoms with Gasteiger partial charge in [-0.3, -0.25) is 14.4 Å². The van der Waals surface area contributed by atoms with Gasteiger partial charge in [0.1, 0.15) is 35.7 Å². The summed E-state index contributed by atoms with van der Waals surface area (Å²) in [5, 5.41) is 9.75. The summed E-state index contributed by atoms with van der Waals surface area (Å²) in [6, 6.07) is 21.8. The number of carboxylic acid groups (broad SMARTS) is 1. The molecule has 0 aromatic heterocycles. The quantitative estimate of drug-likeness (QED) is 0.148. The molecule has 0 amide bonds. The number of ketones is 1. The summed E-state index contributed by atoms with van der Waals surface area (Å²) in [6.07, 6.45) is 12.3. The Morgan fingerprint density at radius 3 is 1.71 bits per heavy atom. The van der Waals surface area contributed by atoms with Gasteiger partial charge in [0, 0.05) is 50.1 Å². The zero-order valence-corrected chi connectivity index (χ0v) is 31.0. The van der Waals surface area contributed by atoms with Gasteiger partial charge in [-0.1, -0.05) is 71.8 Å². The number of hydrogen-bond donors (Lipinski definition) is 1. The van der Waals surface area contributed by atoms with Crippen LogP contribution >= 0.6 is 0 Å². The number of rotatable bonds is 7. The summed E-state index contributed by atoms with van der Waals surface area (Å²) in [7, 11) is 0. The second-order valence-corrected chi connectivity index (χ2v) is 13.9. The van der Waals surface area contributed by atoms with E-state index in [2.05, 4.69) is 6.08 Å². The molecule has 1 N–H and O–H groups in total. The number of fused-ring (bicyclic) bond motifs is 4. The molecule has 2 atom stereocenters. The van der Waals surface area contributed by atoms with Gasteiger partial charge in [-0.2, -0.15) is 0 Å². The minimum Gasteiger partial charge on any atom is -0.481 e. The molecule has 2 aliphatic heterocycles. The van der Waals surface area contributed by atoms with Crippen LogP contribution in [0.15, 0.2) is 132 Å². The van der Waals surface area contributed by atoms with Gasteiger partial charge in [0.25, 0.3) is 6.47 Å². The number of ether oxygens (including phenoxy) is 3. The van der Waals surface area contributed by atoms with Crippen LogP contribution in [-0.2, 0) is 4.79 Å². The van der Waals surface area contributed by atoms with Crippen LogP contribution in [0.2, 0.25) is 0 Å². The topological polar surface area (TPSA) is 116 Å². The molecule has 0 fully saturated rings. The third-order valence-electron chi connectivity index (χ3n) is 9.90. The van der Waals surface area contributed by atoms with E-state index in [4.69, 9.17) is 14.2 Å². The first kappa shape index (κ1) is 36.6. The van der Waals surface area contributed by atoms with Crippen LogP contribution in [0.4, 0.5) is 0 Å². The fourth-order valence-electron chi connectivity index (χ4n) is 7.23. The lowest BCUT2D eigenvalue weighted by molar-refractivity contribution is -0.120. The van der Waals surface area contributed by atoms with Gasteiger partial charge in [-0.15, -0.1) is 0 Å². The number of benzene rings is 4. The molecule has 2 unspecified atom stereocenters. The predicted octanol–water partition coefficient (Wildman–Crippen LogP) is 9.40. The largest absolute Gasteiger partial charge is 0.481 e. The SMILES string of the molecule is CC(=O)c1ccc(OC=O)c(C2=C3C=CC(C)=CC3Oc3cc(C)ccc32)c1.CC1=CC2Oc3cc(C)ccc3C(c3ccc(C=O)cc3C(=O)O)=C2C=C1. The number of allylic oxidation sites excluding steroid dienone is 4. The van der Waals surface area contributed by atoms with Crippen LogP contribution < -0.4 is 14.2 Å². The number of aldehydes is 1. The average molecular weight is 731 g/mol. The lowest BCUT2D eigenvalue weighted by atomic mass is 9.83. The van der Waals surface area contributed by atoms with Crippen molar-refractivity contribution in [3.63, 3.8) is 0 Å². The second kappa shape index (κ2) is 14.9. The second-order valence-electron chi connectivity index (χ2n) is 13.9. The molecule has 4 aliphatic rings. The van der Waals surface area contributed by atoms with Crippen molar-refractivity contribution >= 4 is 35.7 Å². The highest BCUT2D eigenvalue weighted by Gasteiger charge is 2.32. The molecule has 2 heterocycles. The fourth-order valence-corrected chi connectivity index (χ4v) is 7.23. The molecule has 4 aromatic carbocycles. The summed E-state index contributed by atoms with van der Waals surface area (Å²) in [4.78, 5) is 46.1. The summed E-state index contributed by atoms with van der Waals surface area (Å²) < 4.78 is 17.7. The van der Waals surface area contributed by atoms with E-state index in [-0.39, 0.29) is 23.6 Å². The molecule has 8 heteroatoms. The van der Waals surface area contributed by atoms with E-state index in [9.17, 15) is 24.3 Å². The molecular weight excluding hydrogens is 693 g/mol. The normalized spacial score (nSPS) is 17.4. The highest BCUT2D eigenvalue weighted by molar-refractivity contribution is 6.01. The first-order valence-corrected chi connectivity index (χ1v) is 17.8. The number of carboxylic acids is 1. The highest BCUT2D eigenvalue weighted by atomic mass is 16.5. The molecule has 8 rings (SSSR count). The lowest BCUT2D eigenvalue weighted by Gasteiger charge is -2.31. The van der Waals surface area contributed by atoms with Crippen LogP contribution in [0.25, 0.3) is 11.1 Å². The molecule has 8 nitrogen and oxygen atoms in total. The fraction of sp³-hybridized carbons (Fsp3) is 0.149. The first-order valence-electron chi connectivity index (χ1n) is 17.8. The molecule has 0 radical (unpaired) electrons. The maximum Gasteiger partial charge on any atom is 0.336 e. The Bertz CT molecular complexity index is 2500. The number of aryl methyl sites for hydroxylation is 2. The molecule has 55 heavy (non-hydrogen) atoms. The van der Waals surface area contributed by atoms with Gasteiger partial charge in [0.05, 0.1) is 5.56 Å². The Kier molecular flexibility index (Phi) is 9.91. The minimum atomic E-state index is -1.06. The molecule has 0 bridgehead atoms. The van der Waals surface area contributed by atoms with E-state index in [0.717, 1.165) is 67.2 Å². The maximum absolute atomic E-state index is 12.0. The molecule has 2 aliphatic carbocycles. The standard InChI is InChI=1S/C24H20O4.C23H18O4/c1-14-4-7-18-22(10-14)28-23-11-15(2)5-8-19(23)24(18)20-12-17(16(3)26)6-9-21(20)27-13-25;1-13-3-6-17-20(9-13)27-21-10-14(2)4-7-18(21)22(17)16-8-5-15(12-24)11-19(16)23(25)26/h4-13,22H,1-3H3;3-12,20H,1-2H3,(H,25,26). The molecule has 0 spiro atoms. The lowest BCUT2D eigenvalue weighted by Crippen LogP contribution is -2.25. The van der Waals surface area contributed by atoms with Crippen molar-refractivity contribution < 1.29 is 38.5 Å². The number of carbonyl (C=O) groups is 4. The Balaban J connectivity index is 0.000000169. The van der Waals surface area contributed by atoms with Crippen LogP contribution in [0, 0.1) is 13.8 Å². The molecule has 0 saturated carbocycles. The Labute approximate surface area is 319 Å². The van der Waals surface area contributed by atoms with Crippen molar-refractivity contribution in [1.82, 2.24) is 0 Å². The van der Waals surface area contributed by atoms with Crippen LogP contribution in [-0.4, -0.2) is 41.8 Å². The van der Waals surface area contributed by atoms with Crippen LogP contribution in [0.3, 0.4) is 0 Å². The molecule has 274 valence electrons. The highest BCUT2D eigenvalue weighted by Crippen LogP contribution is 2.46. The van der Waals surface area contributed by atoms with Gasteiger partial charge in [-0.05, 0) is 99.9 Å². The smallest absolute Gasteiger partial charge is 0.336 e. The van der Waals surface area contributed by atoms with E-state index in [0.29, 0.717) is 40.8 Å². The van der Waals surface area contributed by atoms with Gasteiger partial charge in [0.2, 0.25) is 0 Å². The number of carbonyl (C=O) groups excluding carboxylic acids is 3. The van der Waals surface area contributed by atoms with Crippen molar-refractivity contribution in [1.29, 1.82) is 0 Å². The van der Waals surface area contributed by atoms with Crippen molar-refractivity contribution in [2.24, 2.45) is 0 Å². The van der Waals surface area contributed by atoms with Crippen molar-refractivity contribution in [3.05, 3.63) is 182 Å². The van der Waals surface area contributed by atoms with E-state index in [1.54, 1.807) is 30.3 Å². The summed E-state index contributed by atoms with van der Waals surface area (Å²) in [5.41, 5.74) is 12.0. The monoisotopic (exact) mass is 730 g/mol. The predicted molar refractivity (Wildman–Crippen MR) is 211 cm³/mol. The number of hydrogen-bond acceptors (Lipinski definition) is 7. The van der Waals surface area contributed by atoms with Crippen molar-refractivity contribution in [2.75, 3.05) is 0 Å². The van der Waals surface area contributed by atoms with Crippen molar-refractivity contribution in [3.8, 4) is 17.2 Å². The third-order valence-corrected chi connectivity index (χ3v) is 9.90. The number of Topliss-reactive ketones (excluding diaryl/α,β-unsaturated/α-hetero) is 1. The van der Waals surface area contributed by atoms with Gasteiger partial charge in [0.15, 0.2) is 5.78 Å². The summed E-state index contributed by atoms with van der Waals surface area (Å²) in [6.45, 7) is 9.97. The minimum absolute atomic E-state index is 0.0489. The summed E-state index contributed by atoms with van der Waals surface area (Å²) in [5.74, 6) is 0.800.